The smallest absolute Gasteiger partial charge is 0.289 e. The molecule has 85 heavy (non-hydrogen) atoms. The van der Waals surface area contributed by atoms with Crippen molar-refractivity contribution in [3.63, 3.8) is 0 Å². The van der Waals surface area contributed by atoms with E-state index in [9.17, 15) is 9.59 Å². The lowest BCUT2D eigenvalue weighted by atomic mass is 9.98. The molecule has 10 aromatic rings. The number of hydrogen-bond acceptors (Lipinski definition) is 14. The lowest BCUT2D eigenvalue weighted by Gasteiger charge is -2.41. The Bertz CT molecular complexity index is 4250. The summed E-state index contributed by atoms with van der Waals surface area (Å²) in [4.78, 5) is 71.3. The van der Waals surface area contributed by atoms with E-state index in [0.29, 0.717) is 69.4 Å². The fourth-order valence-corrected chi connectivity index (χ4v) is 12.7. The molecule has 6 aromatic heterocycles. The van der Waals surface area contributed by atoms with Gasteiger partial charge in [0.25, 0.3) is 12.1 Å². The lowest BCUT2D eigenvalue weighted by Crippen LogP contribution is -2.55. The first-order valence-electron chi connectivity index (χ1n) is 29.2. The molecule has 0 saturated carbocycles. The highest BCUT2D eigenvalue weighted by atomic mass is 16.2. The predicted octanol–water partition coefficient (Wildman–Crippen LogP) is 8.57. The molecule has 3 aliphatic rings. The summed E-state index contributed by atoms with van der Waals surface area (Å²) < 4.78 is 6.26. The van der Waals surface area contributed by atoms with Crippen LogP contribution in [0.3, 0.4) is 0 Å². The highest BCUT2D eigenvalue weighted by Crippen LogP contribution is 2.35. The van der Waals surface area contributed by atoms with Crippen LogP contribution < -0.4 is 25.0 Å². The first kappa shape index (κ1) is 54.6. The third kappa shape index (κ3) is 11.1. The van der Waals surface area contributed by atoms with Crippen molar-refractivity contribution in [2.75, 3.05) is 73.8 Å². The number of aromatic nitrogens is 10. The summed E-state index contributed by atoms with van der Waals surface area (Å²) >= 11 is 0. The van der Waals surface area contributed by atoms with Gasteiger partial charge in [-0.05, 0) is 171 Å². The van der Waals surface area contributed by atoms with Crippen LogP contribution in [0.15, 0.2) is 147 Å². The number of piperazine rings is 2. The Labute approximate surface area is 494 Å². The third-order valence-electron chi connectivity index (χ3n) is 17.2. The average molecular weight is 1130 g/mol. The van der Waals surface area contributed by atoms with Gasteiger partial charge in [0.1, 0.15) is 30.0 Å². The largest absolute Gasteiger partial charge is 0.353 e. The molecule has 9 heterocycles. The molecule has 3 fully saturated rings. The molecular formula is C66H70N17O2+. The van der Waals surface area contributed by atoms with E-state index in [1.165, 1.54) is 17.2 Å². The van der Waals surface area contributed by atoms with Gasteiger partial charge in [0.15, 0.2) is 16.9 Å². The maximum atomic E-state index is 13.4. The van der Waals surface area contributed by atoms with E-state index in [1.54, 1.807) is 12.4 Å². The van der Waals surface area contributed by atoms with E-state index >= 15 is 0 Å². The fourth-order valence-electron chi connectivity index (χ4n) is 12.7. The van der Waals surface area contributed by atoms with E-state index in [0.717, 1.165) is 103 Å². The van der Waals surface area contributed by atoms with E-state index < -0.39 is 0 Å². The number of rotatable bonds is 16. The van der Waals surface area contributed by atoms with E-state index in [-0.39, 0.29) is 29.9 Å². The van der Waals surface area contributed by atoms with E-state index in [4.69, 9.17) is 24.9 Å². The van der Waals surface area contributed by atoms with Gasteiger partial charge in [0.2, 0.25) is 11.8 Å². The Morgan fingerprint density at radius 1 is 0.671 bits per heavy atom. The van der Waals surface area contributed by atoms with Gasteiger partial charge in [-0.25, -0.2) is 34.5 Å². The van der Waals surface area contributed by atoms with Gasteiger partial charge in [-0.1, -0.05) is 36.9 Å². The number of nitrogens with zero attached hydrogens (tertiary/aromatic N) is 15. The first-order valence-corrected chi connectivity index (χ1v) is 29.2. The number of fused-ring (bicyclic) bond motifs is 6. The van der Waals surface area contributed by atoms with Gasteiger partial charge < -0.3 is 44.3 Å². The summed E-state index contributed by atoms with van der Waals surface area (Å²) in [6.45, 7) is 12.4. The van der Waals surface area contributed by atoms with Crippen LogP contribution in [-0.2, 0) is 43.1 Å². The molecule has 3 aliphatic heterocycles. The summed E-state index contributed by atoms with van der Waals surface area (Å²) in [5.74, 6) is 2.90. The van der Waals surface area contributed by atoms with Crippen molar-refractivity contribution in [3.8, 4) is 0 Å². The lowest BCUT2D eigenvalue weighted by molar-refractivity contribution is -0.665. The van der Waals surface area contributed by atoms with Crippen molar-refractivity contribution in [1.29, 1.82) is 0 Å². The van der Waals surface area contributed by atoms with Gasteiger partial charge in [0.05, 0.1) is 40.2 Å². The highest BCUT2D eigenvalue weighted by Gasteiger charge is 2.42. The molecule has 2 N–H and O–H groups in total. The second-order valence-corrected chi connectivity index (χ2v) is 23.3. The third-order valence-corrected chi connectivity index (χ3v) is 17.2. The van der Waals surface area contributed by atoms with Gasteiger partial charge in [0, 0.05) is 88.9 Å². The minimum Gasteiger partial charge on any atom is -0.353 e. The van der Waals surface area contributed by atoms with Crippen LogP contribution >= 0.6 is 0 Å². The molecule has 3 atom stereocenters. The minimum absolute atomic E-state index is 0.00422. The number of nitrogens with one attached hydrogen (secondary N) is 2. The van der Waals surface area contributed by atoms with E-state index in [2.05, 4.69) is 140 Å². The van der Waals surface area contributed by atoms with Crippen molar-refractivity contribution in [2.24, 2.45) is 14.1 Å². The molecule has 13 rings (SSSR count). The number of anilines is 6. The van der Waals surface area contributed by atoms with Crippen molar-refractivity contribution in [1.82, 2.24) is 58.7 Å². The van der Waals surface area contributed by atoms with E-state index in [1.807, 2.05) is 89.2 Å². The molecule has 4 aromatic carbocycles. The summed E-state index contributed by atoms with van der Waals surface area (Å²) in [6.07, 6.45) is 15.6. The monoisotopic (exact) mass is 1130 g/mol. The topological polar surface area (TPSA) is 178 Å². The number of amides is 2. The first-order chi connectivity index (χ1) is 41.3. The normalized spacial score (nSPS) is 17.1. The fraction of sp³-hybridized carbons (Fsp3) is 0.303. The average Bonchev–Trinajstić information content (AvgIpc) is 3.40. The number of likely N-dealkylation sites (N-methyl/N-ethyl adjacent to an activating group) is 1. The summed E-state index contributed by atoms with van der Waals surface area (Å²) in [7, 11) is 8.02. The van der Waals surface area contributed by atoms with Gasteiger partial charge in [-0.3, -0.25) is 9.59 Å². The SMILES string of the molecule is C=CC(=O)N1C2CCC1CN(c1ccc3ncnc(Nc4ccc(Cc5ccc6c(c5)ncn6C)c(C[n+]5cnc(Nc6ccc(Cc7ccc8c(c7)ncn8C)c(C)c6)c6nc(N7CCN(C(=O)/C=C/CN(C)C)C(C)C7)ccc65)c4)c3n1)C2. The Hall–Kier alpha value is -9.62. The van der Waals surface area contributed by atoms with Crippen molar-refractivity contribution < 1.29 is 14.2 Å². The minimum atomic E-state index is -0.0332. The molecule has 3 saturated heterocycles. The summed E-state index contributed by atoms with van der Waals surface area (Å²) in [5, 5.41) is 7.36. The zero-order valence-electron chi connectivity index (χ0n) is 49.0. The standard InChI is InChI=1S/C66H69N17O2/c1-8-61(84)83-51-17-18-52(83)37-80(36-51)60-23-19-53-63(74-60)65(68-38-67-53)73-50-16-14-47(30-45-12-21-57-55(32-45)70-40-78(57)7)48(33-50)35-81-41-71-66(72-49-15-13-46(42(2)28-49)29-44-11-20-56-54(31-44)69-39-77(56)6)64-58(81)22-24-59(75-64)79-26-27-82(43(3)34-79)62(85)10-9-25-76(4)5/h8-16,19-24,28,31-33,38-41,43,51-52H,1,17-18,25-27,29-30,34-37H2,2-7H3,(H,67,68,73)/p+1/b10-9+. The Morgan fingerprint density at radius 2 is 1.32 bits per heavy atom. The number of carbonyl (C=O) groups excluding carboxylic acids is 2. The number of benzene rings is 4. The number of carbonyl (C=O) groups is 2. The molecule has 2 amide bonds. The van der Waals surface area contributed by atoms with Crippen LogP contribution in [0.2, 0.25) is 0 Å². The van der Waals surface area contributed by atoms with Crippen LogP contribution in [-0.4, -0.2) is 142 Å². The molecule has 3 unspecified atom stereocenters. The van der Waals surface area contributed by atoms with Gasteiger partial charge in [-0.2, -0.15) is 0 Å². The van der Waals surface area contributed by atoms with Crippen LogP contribution in [0.25, 0.3) is 44.1 Å². The number of imidazole rings is 2. The zero-order chi connectivity index (χ0) is 58.5. The predicted molar refractivity (Wildman–Crippen MR) is 335 cm³/mol. The Morgan fingerprint density at radius 3 is 2.00 bits per heavy atom. The Kier molecular flexibility index (Phi) is 14.7. The number of pyridine rings is 2. The summed E-state index contributed by atoms with van der Waals surface area (Å²) in [5.41, 5.74) is 15.8. The van der Waals surface area contributed by atoms with Crippen LogP contribution in [0.5, 0.6) is 0 Å². The Balaban J connectivity index is 0.841. The van der Waals surface area contributed by atoms with Crippen molar-refractivity contribution >= 4 is 90.6 Å². The van der Waals surface area contributed by atoms with Gasteiger partial charge in [-0.15, -0.1) is 0 Å². The maximum Gasteiger partial charge on any atom is 0.289 e. The molecular weight excluding hydrogens is 1060 g/mol. The second-order valence-electron chi connectivity index (χ2n) is 23.3. The molecule has 19 nitrogen and oxygen atoms in total. The maximum absolute atomic E-state index is 13.4. The number of hydrogen-bond donors (Lipinski definition) is 2. The highest BCUT2D eigenvalue weighted by molar-refractivity contribution is 5.91. The van der Waals surface area contributed by atoms with Gasteiger partial charge >= 0.3 is 0 Å². The molecule has 430 valence electrons. The molecule has 0 radical (unpaired) electrons. The van der Waals surface area contributed by atoms with Crippen LogP contribution in [0.1, 0.15) is 53.1 Å². The van der Waals surface area contributed by atoms with Crippen molar-refractivity contribution in [2.45, 2.75) is 64.2 Å². The molecule has 0 spiro atoms. The molecule has 19 heteroatoms. The second kappa shape index (κ2) is 22.9. The van der Waals surface area contributed by atoms with Crippen LogP contribution in [0, 0.1) is 6.92 Å². The quantitative estimate of drug-likeness (QED) is 0.0694. The molecule has 2 bridgehead atoms. The summed E-state index contributed by atoms with van der Waals surface area (Å²) in [6, 6.07) is 34.4. The van der Waals surface area contributed by atoms with Crippen molar-refractivity contribution in [3.05, 3.63) is 181 Å². The zero-order valence-corrected chi connectivity index (χ0v) is 49.0. The molecule has 0 aliphatic carbocycles. The number of aryl methyl sites for hydroxylation is 3. The van der Waals surface area contributed by atoms with Crippen LogP contribution in [0.4, 0.5) is 34.6 Å².